The molecule has 0 heterocycles. The highest BCUT2D eigenvalue weighted by molar-refractivity contribution is 6.30. The third kappa shape index (κ3) is 6.28. The average Bonchev–Trinajstić information content (AvgIpc) is 2.28. The van der Waals surface area contributed by atoms with Gasteiger partial charge >= 0.3 is 5.97 Å². The van der Waals surface area contributed by atoms with Crippen molar-refractivity contribution in [1.29, 1.82) is 0 Å². The lowest BCUT2D eigenvalue weighted by molar-refractivity contribution is 0.0423. The van der Waals surface area contributed by atoms with Crippen LogP contribution >= 0.6 is 24.0 Å². The van der Waals surface area contributed by atoms with E-state index in [1.807, 2.05) is 7.05 Å². The van der Waals surface area contributed by atoms with Gasteiger partial charge in [-0.05, 0) is 52.1 Å². The van der Waals surface area contributed by atoms with Crippen molar-refractivity contribution in [2.75, 3.05) is 20.2 Å². The van der Waals surface area contributed by atoms with Crippen LogP contribution < -0.4 is 0 Å². The van der Waals surface area contributed by atoms with E-state index in [9.17, 15) is 4.79 Å². The van der Waals surface area contributed by atoms with Crippen molar-refractivity contribution in [3.63, 3.8) is 0 Å². The molecule has 5 heteroatoms. The van der Waals surface area contributed by atoms with Crippen molar-refractivity contribution < 1.29 is 9.53 Å². The van der Waals surface area contributed by atoms with Crippen molar-refractivity contribution in [1.82, 2.24) is 4.90 Å². The highest BCUT2D eigenvalue weighted by atomic mass is 35.5. The Bertz CT molecular complexity index is 399. The largest absolute Gasteiger partial charge is 0.461 e. The summed E-state index contributed by atoms with van der Waals surface area (Å²) in [5.41, 5.74) is 0.602. The van der Waals surface area contributed by atoms with Gasteiger partial charge in [-0.25, -0.2) is 4.79 Å². The highest BCUT2D eigenvalue weighted by Crippen LogP contribution is 2.11. The van der Waals surface area contributed by atoms with Crippen LogP contribution in [0.3, 0.4) is 0 Å². The van der Waals surface area contributed by atoms with Gasteiger partial charge < -0.3 is 4.74 Å². The predicted octanol–water partition coefficient (Wildman–Crippen LogP) is 3.65. The number of hydrogen-bond acceptors (Lipinski definition) is 3. The van der Waals surface area contributed by atoms with Crippen molar-refractivity contribution in [2.24, 2.45) is 0 Å². The molecule has 0 atom stereocenters. The van der Waals surface area contributed by atoms with Crippen LogP contribution in [0.25, 0.3) is 0 Å². The van der Waals surface area contributed by atoms with E-state index >= 15 is 0 Å². The van der Waals surface area contributed by atoms with Crippen molar-refractivity contribution in [3.8, 4) is 0 Å². The van der Waals surface area contributed by atoms with E-state index in [-0.39, 0.29) is 23.9 Å². The molecule has 1 rings (SSSR count). The second-order valence-electron chi connectivity index (χ2n) is 5.24. The van der Waals surface area contributed by atoms with Crippen LogP contribution in [0.5, 0.6) is 0 Å². The maximum atomic E-state index is 11.7. The van der Waals surface area contributed by atoms with E-state index < -0.39 is 0 Å². The van der Waals surface area contributed by atoms with Crippen LogP contribution in [0.1, 0.15) is 31.1 Å². The molecule has 0 aromatic heterocycles. The Kier molecular flexibility index (Phi) is 7.42. The minimum atomic E-state index is -0.311. The van der Waals surface area contributed by atoms with Crippen LogP contribution in [-0.2, 0) is 4.74 Å². The molecule has 0 amide bonds. The van der Waals surface area contributed by atoms with E-state index in [1.54, 1.807) is 24.3 Å². The Morgan fingerprint density at radius 2 is 1.79 bits per heavy atom. The maximum Gasteiger partial charge on any atom is 0.338 e. The summed E-state index contributed by atoms with van der Waals surface area (Å²) < 4.78 is 5.21. The molecule has 0 aliphatic carbocycles. The number of nitrogens with zero attached hydrogens (tertiary/aromatic N) is 1. The quantitative estimate of drug-likeness (QED) is 0.795. The number of likely N-dealkylation sites (N-methyl/N-ethyl adjacent to an activating group) is 1. The minimum Gasteiger partial charge on any atom is -0.461 e. The summed E-state index contributed by atoms with van der Waals surface area (Å²) in [7, 11) is 2.01. The topological polar surface area (TPSA) is 29.5 Å². The number of rotatable bonds is 4. The van der Waals surface area contributed by atoms with Gasteiger partial charge in [0.15, 0.2) is 0 Å². The number of hydrogen-bond donors (Lipinski definition) is 0. The molecule has 0 saturated heterocycles. The molecule has 19 heavy (non-hydrogen) atoms. The molecule has 1 aromatic carbocycles. The zero-order valence-electron chi connectivity index (χ0n) is 11.8. The van der Waals surface area contributed by atoms with Gasteiger partial charge in [0.25, 0.3) is 0 Å². The molecule has 0 saturated carbocycles. The summed E-state index contributed by atoms with van der Waals surface area (Å²) in [4.78, 5) is 13.8. The fourth-order valence-electron chi connectivity index (χ4n) is 1.28. The molecule has 3 nitrogen and oxygen atoms in total. The molecule has 0 radical (unpaired) electrons. The molecule has 0 unspecified atom stereocenters. The summed E-state index contributed by atoms with van der Waals surface area (Å²) in [5.74, 6) is -0.311. The lowest BCUT2D eigenvalue weighted by Gasteiger charge is -2.31. The molecule has 1 aromatic rings. The van der Waals surface area contributed by atoms with Gasteiger partial charge in [0, 0.05) is 17.1 Å². The second kappa shape index (κ2) is 7.73. The van der Waals surface area contributed by atoms with E-state index in [1.165, 1.54) is 0 Å². The summed E-state index contributed by atoms with van der Waals surface area (Å²) in [6, 6.07) is 6.69. The summed E-state index contributed by atoms with van der Waals surface area (Å²) >= 11 is 5.75. The lowest BCUT2D eigenvalue weighted by Crippen LogP contribution is -2.40. The molecule has 0 spiro atoms. The van der Waals surface area contributed by atoms with E-state index in [0.29, 0.717) is 23.7 Å². The number of halogens is 2. The Morgan fingerprint density at radius 1 is 1.26 bits per heavy atom. The Hall–Kier alpha value is -0.770. The molecule has 0 aliphatic heterocycles. The first-order valence-electron chi connectivity index (χ1n) is 5.94. The Balaban J connectivity index is 0.00000324. The third-order valence-corrected chi connectivity index (χ3v) is 3.14. The van der Waals surface area contributed by atoms with Crippen molar-refractivity contribution in [2.45, 2.75) is 26.3 Å². The summed E-state index contributed by atoms with van der Waals surface area (Å²) in [5, 5.41) is 0.610. The molecule has 0 aliphatic rings. The molecule has 0 fully saturated rings. The normalized spacial score (nSPS) is 11.1. The van der Waals surface area contributed by atoms with Crippen LogP contribution in [0.2, 0.25) is 5.02 Å². The highest BCUT2D eigenvalue weighted by Gasteiger charge is 2.17. The zero-order chi connectivity index (χ0) is 13.8. The van der Waals surface area contributed by atoms with Gasteiger partial charge in [-0.15, -0.1) is 12.4 Å². The van der Waals surface area contributed by atoms with E-state index in [0.717, 1.165) is 0 Å². The SMILES string of the molecule is CN(CCOC(=O)c1ccc(Cl)cc1)C(C)(C)C.Cl. The van der Waals surface area contributed by atoms with Crippen LogP contribution in [0.4, 0.5) is 0 Å². The van der Waals surface area contributed by atoms with Crippen LogP contribution in [-0.4, -0.2) is 36.6 Å². The van der Waals surface area contributed by atoms with Crippen LogP contribution in [0, 0.1) is 0 Å². The number of carbonyl (C=O) groups is 1. The monoisotopic (exact) mass is 305 g/mol. The number of benzene rings is 1. The van der Waals surface area contributed by atoms with Gasteiger partial charge in [0.1, 0.15) is 6.61 Å². The first-order valence-corrected chi connectivity index (χ1v) is 6.32. The van der Waals surface area contributed by atoms with Crippen molar-refractivity contribution in [3.05, 3.63) is 34.9 Å². The van der Waals surface area contributed by atoms with Gasteiger partial charge in [-0.3, -0.25) is 4.90 Å². The average molecular weight is 306 g/mol. The van der Waals surface area contributed by atoms with Gasteiger partial charge in [0.2, 0.25) is 0 Å². The first kappa shape index (κ1) is 18.2. The van der Waals surface area contributed by atoms with E-state index in [2.05, 4.69) is 25.7 Å². The second-order valence-corrected chi connectivity index (χ2v) is 5.67. The lowest BCUT2D eigenvalue weighted by atomic mass is 10.1. The number of ether oxygens (including phenoxy) is 1. The summed E-state index contributed by atoms with van der Waals surface area (Å²) in [6.07, 6.45) is 0. The zero-order valence-corrected chi connectivity index (χ0v) is 13.3. The summed E-state index contributed by atoms with van der Waals surface area (Å²) in [6.45, 7) is 7.45. The first-order chi connectivity index (χ1) is 8.30. The van der Waals surface area contributed by atoms with Crippen molar-refractivity contribution >= 4 is 30.0 Å². The standard InChI is InChI=1S/C14H20ClNO2.ClH/c1-14(2,3)16(4)9-10-18-13(17)11-5-7-12(15)8-6-11;/h5-8H,9-10H2,1-4H3;1H. The van der Waals surface area contributed by atoms with Gasteiger partial charge in [0.05, 0.1) is 5.56 Å². The molecule has 108 valence electrons. The fraction of sp³-hybridized carbons (Fsp3) is 0.500. The molecular formula is C14H21Cl2NO2. The minimum absolute atomic E-state index is 0. The van der Waals surface area contributed by atoms with E-state index in [4.69, 9.17) is 16.3 Å². The van der Waals surface area contributed by atoms with Crippen LogP contribution in [0.15, 0.2) is 24.3 Å². The number of carbonyl (C=O) groups excluding carboxylic acids is 1. The molecular weight excluding hydrogens is 285 g/mol. The van der Waals surface area contributed by atoms with Gasteiger partial charge in [-0.1, -0.05) is 11.6 Å². The third-order valence-electron chi connectivity index (χ3n) is 2.88. The number of esters is 1. The smallest absolute Gasteiger partial charge is 0.338 e. The van der Waals surface area contributed by atoms with Gasteiger partial charge in [-0.2, -0.15) is 0 Å². The predicted molar refractivity (Wildman–Crippen MR) is 81.4 cm³/mol. The fourth-order valence-corrected chi connectivity index (χ4v) is 1.41. The Morgan fingerprint density at radius 3 is 2.26 bits per heavy atom. The maximum absolute atomic E-state index is 11.7. The molecule has 0 bridgehead atoms. The molecule has 0 N–H and O–H groups in total. The Labute approximate surface area is 126 Å².